The van der Waals surface area contributed by atoms with Gasteiger partial charge in [0.15, 0.2) is 20.9 Å². The van der Waals surface area contributed by atoms with E-state index in [-0.39, 0.29) is 43.5 Å². The minimum Gasteiger partial charge on any atom is -0.464 e. The average molecular weight is 709 g/mol. The Bertz CT molecular complexity index is 902. The molecule has 0 radical (unpaired) electrons. The summed E-state index contributed by atoms with van der Waals surface area (Å²) in [6.45, 7) is 11.5. The lowest BCUT2D eigenvalue weighted by molar-refractivity contribution is -0.207. The molecule has 2 saturated heterocycles. The number of hydrogen-bond donors (Lipinski definition) is 0. The molecular formula is C40H72O8Si. The Balaban J connectivity index is 1.49. The minimum atomic E-state index is -1.85. The molecule has 0 bridgehead atoms. The molecular weight excluding hydrogens is 637 g/mol. The largest absolute Gasteiger partial charge is 0.464 e. The molecule has 2 saturated carbocycles. The molecule has 0 amide bonds. The topological polar surface area (TPSA) is 81.7 Å². The summed E-state index contributed by atoms with van der Waals surface area (Å²) in [5, 5.41) is 0. The van der Waals surface area contributed by atoms with Gasteiger partial charge >= 0.3 is 5.97 Å². The zero-order valence-electron chi connectivity index (χ0n) is 31.7. The highest BCUT2D eigenvalue weighted by Crippen LogP contribution is 2.45. The Morgan fingerprint density at radius 1 is 0.816 bits per heavy atom. The van der Waals surface area contributed by atoms with Gasteiger partial charge in [-0.25, -0.2) is 4.79 Å². The molecule has 4 rings (SSSR count). The van der Waals surface area contributed by atoms with Gasteiger partial charge in [0.1, 0.15) is 6.61 Å². The van der Waals surface area contributed by atoms with Crippen LogP contribution in [0.2, 0.25) is 18.1 Å². The molecule has 2 heterocycles. The molecule has 2 unspecified atom stereocenters. The third kappa shape index (κ3) is 13.6. The number of hydrogen-bond acceptors (Lipinski definition) is 8. The second kappa shape index (κ2) is 23.0. The van der Waals surface area contributed by atoms with Gasteiger partial charge in [-0.1, -0.05) is 65.5 Å². The molecule has 8 nitrogen and oxygen atoms in total. The molecule has 4 fully saturated rings. The lowest BCUT2D eigenvalue weighted by atomic mass is 9.80. The van der Waals surface area contributed by atoms with Crippen molar-refractivity contribution in [3.63, 3.8) is 0 Å². The van der Waals surface area contributed by atoms with E-state index in [2.05, 4.69) is 39.8 Å². The predicted molar refractivity (Wildman–Crippen MR) is 197 cm³/mol. The first kappa shape index (κ1) is 41.0. The van der Waals surface area contributed by atoms with Crippen molar-refractivity contribution in [2.75, 3.05) is 33.0 Å². The molecule has 9 heteroatoms. The van der Waals surface area contributed by atoms with Gasteiger partial charge in [-0.3, -0.25) is 0 Å². The summed E-state index contributed by atoms with van der Waals surface area (Å²) >= 11 is 0. The summed E-state index contributed by atoms with van der Waals surface area (Å²) in [4.78, 5) is 12.0. The summed E-state index contributed by atoms with van der Waals surface area (Å²) in [5.41, 5.74) is 0. The van der Waals surface area contributed by atoms with E-state index in [9.17, 15) is 4.79 Å². The molecule has 2 aliphatic heterocycles. The quantitative estimate of drug-likeness (QED) is 0.0476. The van der Waals surface area contributed by atoms with E-state index in [4.69, 9.17) is 32.8 Å². The molecule has 0 aromatic rings. The first-order valence-corrected chi connectivity index (χ1v) is 23.1. The molecule has 2 aliphatic carbocycles. The standard InChI is InChI=1S/C40H72O8Si/c1-5-9-27-43-38(41)31-42-26-16-13-21-33-34(24-25-35(32-19-11-10-12-20-32)46-39-22-14-17-28-44-39)36(47-40-23-15-18-29-45-40)30-37(33)48-49(6-2,7-3)8-4/h13,16,32-37,39-40H,5-12,14-15,17-31H2,1-4H3/b16-13-/t33-,34-,35-,36-,37+,39?,40?/m1/s1. The fraction of sp³-hybridized carbons (Fsp3) is 0.925. The van der Waals surface area contributed by atoms with Gasteiger partial charge in [-0.2, -0.15) is 0 Å². The van der Waals surface area contributed by atoms with Crippen molar-refractivity contribution in [1.82, 2.24) is 0 Å². The van der Waals surface area contributed by atoms with Crippen molar-refractivity contribution in [2.24, 2.45) is 17.8 Å². The highest BCUT2D eigenvalue weighted by molar-refractivity contribution is 6.73. The smallest absolute Gasteiger partial charge is 0.332 e. The fourth-order valence-corrected chi connectivity index (χ4v) is 11.6. The predicted octanol–water partition coefficient (Wildman–Crippen LogP) is 9.50. The van der Waals surface area contributed by atoms with Crippen LogP contribution in [0.1, 0.15) is 137 Å². The van der Waals surface area contributed by atoms with Gasteiger partial charge in [0.05, 0.1) is 31.5 Å². The number of esters is 1. The molecule has 49 heavy (non-hydrogen) atoms. The average Bonchev–Trinajstić information content (AvgIpc) is 3.46. The second-order valence-corrected chi connectivity index (χ2v) is 19.9. The van der Waals surface area contributed by atoms with Crippen LogP contribution in [-0.2, 0) is 37.6 Å². The first-order chi connectivity index (χ1) is 24.0. The van der Waals surface area contributed by atoms with E-state index in [1.807, 2.05) is 0 Å². The number of rotatable bonds is 22. The van der Waals surface area contributed by atoms with Crippen molar-refractivity contribution in [1.29, 1.82) is 0 Å². The molecule has 0 N–H and O–H groups in total. The van der Waals surface area contributed by atoms with Crippen LogP contribution < -0.4 is 0 Å². The van der Waals surface area contributed by atoms with Gasteiger partial charge in [-0.15, -0.1) is 0 Å². The molecule has 0 aromatic heterocycles. The van der Waals surface area contributed by atoms with E-state index < -0.39 is 8.32 Å². The Labute approximate surface area is 300 Å². The van der Waals surface area contributed by atoms with E-state index in [0.29, 0.717) is 31.0 Å². The fourth-order valence-electron chi connectivity index (χ4n) is 8.68. The Kier molecular flexibility index (Phi) is 19.2. The van der Waals surface area contributed by atoms with Gasteiger partial charge in [0, 0.05) is 13.2 Å². The number of carbonyl (C=O) groups is 1. The molecule has 4 aliphatic rings. The zero-order chi connectivity index (χ0) is 34.7. The van der Waals surface area contributed by atoms with Crippen molar-refractivity contribution in [2.45, 2.75) is 186 Å². The van der Waals surface area contributed by atoms with E-state index in [0.717, 1.165) is 102 Å². The van der Waals surface area contributed by atoms with Crippen molar-refractivity contribution in [3.05, 3.63) is 12.2 Å². The maximum absolute atomic E-state index is 12.0. The Morgan fingerprint density at radius 3 is 2.16 bits per heavy atom. The monoisotopic (exact) mass is 708 g/mol. The van der Waals surface area contributed by atoms with Gasteiger partial charge in [0.2, 0.25) is 0 Å². The number of allylic oxidation sites excluding steroid dienone is 1. The van der Waals surface area contributed by atoms with Crippen LogP contribution in [0.5, 0.6) is 0 Å². The van der Waals surface area contributed by atoms with Gasteiger partial charge in [0.25, 0.3) is 0 Å². The van der Waals surface area contributed by atoms with Crippen LogP contribution in [0.15, 0.2) is 12.2 Å². The van der Waals surface area contributed by atoms with Crippen molar-refractivity contribution < 1.29 is 37.6 Å². The van der Waals surface area contributed by atoms with Crippen molar-refractivity contribution >= 4 is 14.3 Å². The number of unbranched alkanes of at least 4 members (excludes halogenated alkanes) is 1. The summed E-state index contributed by atoms with van der Waals surface area (Å²) in [6, 6.07) is 3.42. The third-order valence-electron chi connectivity index (χ3n) is 12.0. The summed E-state index contributed by atoms with van der Waals surface area (Å²) < 4.78 is 44.3. The Hall–Kier alpha value is -0.813. The lowest BCUT2D eigenvalue weighted by Gasteiger charge is -2.37. The van der Waals surface area contributed by atoms with E-state index in [1.165, 1.54) is 38.5 Å². The highest BCUT2D eigenvalue weighted by atomic mass is 28.4. The van der Waals surface area contributed by atoms with Crippen LogP contribution in [-0.4, -0.2) is 78.2 Å². The number of ether oxygens (including phenoxy) is 6. The molecule has 284 valence electrons. The summed E-state index contributed by atoms with van der Waals surface area (Å²) in [5.74, 6) is 1.02. The summed E-state index contributed by atoms with van der Waals surface area (Å²) in [7, 11) is -1.85. The van der Waals surface area contributed by atoms with Crippen LogP contribution in [0.4, 0.5) is 0 Å². The van der Waals surface area contributed by atoms with E-state index >= 15 is 0 Å². The van der Waals surface area contributed by atoms with Gasteiger partial charge < -0.3 is 32.8 Å². The minimum absolute atomic E-state index is 0.00592. The molecule has 7 atom stereocenters. The maximum Gasteiger partial charge on any atom is 0.332 e. The molecule has 0 spiro atoms. The van der Waals surface area contributed by atoms with Crippen LogP contribution >= 0.6 is 0 Å². The normalized spacial score (nSPS) is 29.4. The van der Waals surface area contributed by atoms with Crippen molar-refractivity contribution in [3.8, 4) is 0 Å². The van der Waals surface area contributed by atoms with Crippen LogP contribution in [0.3, 0.4) is 0 Å². The molecule has 0 aromatic carbocycles. The maximum atomic E-state index is 12.0. The van der Waals surface area contributed by atoms with Crippen LogP contribution in [0.25, 0.3) is 0 Å². The summed E-state index contributed by atoms with van der Waals surface area (Å²) in [6.07, 6.45) is 23.6. The van der Waals surface area contributed by atoms with Crippen LogP contribution in [0, 0.1) is 17.8 Å². The number of carbonyl (C=O) groups excluding carboxylic acids is 1. The zero-order valence-corrected chi connectivity index (χ0v) is 32.7. The lowest BCUT2D eigenvalue weighted by Crippen LogP contribution is -2.41. The first-order valence-electron chi connectivity index (χ1n) is 20.6. The SMILES string of the molecule is CCCCOC(=O)COC/C=C\C[C@@H]1[C@@H](CC[C@@H](OC2CCCCO2)C2CCCCC2)[C@H](OC2CCCCO2)C[C@@H]1O[Si](CC)(CC)CC. The Morgan fingerprint density at radius 2 is 1.51 bits per heavy atom. The second-order valence-electron chi connectivity index (χ2n) is 15.2. The third-order valence-corrected chi connectivity index (χ3v) is 16.6. The highest BCUT2D eigenvalue weighted by Gasteiger charge is 2.48. The van der Waals surface area contributed by atoms with E-state index in [1.54, 1.807) is 0 Å². The van der Waals surface area contributed by atoms with Gasteiger partial charge in [-0.05, 0) is 119 Å².